The molecule has 0 spiro atoms. The van der Waals surface area contributed by atoms with Gasteiger partial charge in [0.2, 0.25) is 0 Å². The molecule has 2 rings (SSSR count). The molecule has 1 aliphatic heterocycles. The third-order valence-corrected chi connectivity index (χ3v) is 13.7. The number of allylic oxidation sites excluding steroid dienone is 8. The molecule has 1 saturated heterocycles. The van der Waals surface area contributed by atoms with Gasteiger partial charge in [0, 0.05) is 19.0 Å². The predicted molar refractivity (Wildman–Crippen MR) is 258 cm³/mol. The van der Waals surface area contributed by atoms with Gasteiger partial charge in [0.15, 0.2) is 12.3 Å². The Labute approximate surface area is 402 Å². The number of nitrogens with two attached hydrogens (primary N) is 1. The van der Waals surface area contributed by atoms with Crippen molar-refractivity contribution in [2.45, 2.75) is 186 Å². The van der Waals surface area contributed by atoms with Gasteiger partial charge in [-0.3, -0.25) is 23.2 Å². The van der Waals surface area contributed by atoms with Crippen molar-refractivity contribution in [1.82, 2.24) is 9.55 Å². The standard InChI is InChI=1S/C47H79N3O16P2/c1-4-37(3)28-24-20-16-14-15-18-22-26-30-42(52)61-34-39(64-43(53)31-27-23-19-13-11-9-7-6-8-10-12-17-21-25-29-38(51)5-2)35-62-67(57,58)66-68(59,60)63-36-40-44(54)45(55)46(65-40)50-33-32-41(48)49-47(50)56/h7-10,13,17,19,21,32-33,37-40,44-46,51,54-55H,4-6,11-12,14-16,18,20,22-31,34-36H2,1-3H3,(H,57,58)(H,59,60)(H2,48,49,56)/b9-7-,10-8-,19-13-,21-17-/t37?,38-,39-,40-,44-,45-,46-/m1/s1. The molecular formula is C47H79N3O16P2. The van der Waals surface area contributed by atoms with Gasteiger partial charge < -0.3 is 45.1 Å². The molecule has 68 heavy (non-hydrogen) atoms. The van der Waals surface area contributed by atoms with Crippen LogP contribution in [0.4, 0.5) is 5.82 Å². The number of aliphatic hydroxyl groups excluding tert-OH is 3. The molecule has 0 aromatic carbocycles. The first kappa shape index (κ1) is 60.8. The average Bonchev–Trinajstić information content (AvgIpc) is 3.57. The highest BCUT2D eigenvalue weighted by Gasteiger charge is 2.46. The van der Waals surface area contributed by atoms with Crippen molar-refractivity contribution in [2.24, 2.45) is 5.92 Å². The van der Waals surface area contributed by atoms with Crippen molar-refractivity contribution >= 4 is 33.4 Å². The van der Waals surface area contributed by atoms with Crippen LogP contribution < -0.4 is 11.4 Å². The number of rotatable bonds is 38. The SMILES string of the molecule is CCC(C)CCCCCCCCCCC(=O)OC[C@H](COP(=O)(O)OP(=O)(O)OC[C@H]1O[C@@H](n2ccc(N)nc2=O)[C@H](O)[C@@H]1O)OC(=O)CCC/C=C\C/C=C\C/C=C\C/C=C\CC[C@H](O)CC. The van der Waals surface area contributed by atoms with Crippen LogP contribution in [-0.2, 0) is 46.3 Å². The molecule has 7 N–H and O–H groups in total. The largest absolute Gasteiger partial charge is 0.481 e. The number of ether oxygens (including phenoxy) is 3. The van der Waals surface area contributed by atoms with Crippen LogP contribution >= 0.6 is 15.6 Å². The second kappa shape index (κ2) is 34.9. The maximum atomic E-state index is 12.8. The zero-order valence-corrected chi connectivity index (χ0v) is 42.0. The zero-order valence-electron chi connectivity index (χ0n) is 40.2. The van der Waals surface area contributed by atoms with Crippen LogP contribution in [0.5, 0.6) is 0 Å². The molecule has 19 nitrogen and oxygen atoms in total. The van der Waals surface area contributed by atoms with E-state index in [2.05, 4.69) is 53.5 Å². The highest BCUT2D eigenvalue weighted by Crippen LogP contribution is 2.60. The zero-order chi connectivity index (χ0) is 50.2. The van der Waals surface area contributed by atoms with Gasteiger partial charge >= 0.3 is 33.3 Å². The molecule has 3 unspecified atom stereocenters. The summed E-state index contributed by atoms with van der Waals surface area (Å²) >= 11 is 0. The van der Waals surface area contributed by atoms with E-state index in [0.29, 0.717) is 25.7 Å². The Balaban J connectivity index is 1.85. The number of anilines is 1. The number of phosphoric ester groups is 2. The molecule has 1 aromatic rings. The third-order valence-electron chi connectivity index (χ3n) is 11.1. The number of nitrogens with zero attached hydrogens (tertiary/aromatic N) is 2. The normalized spacial score (nSPS) is 20.8. The number of aromatic nitrogens is 2. The van der Waals surface area contributed by atoms with E-state index in [4.69, 9.17) is 29.0 Å². The Morgan fingerprint density at radius 1 is 0.779 bits per heavy atom. The topological polar surface area (TPSA) is 286 Å². The number of esters is 2. The Bertz CT molecular complexity index is 1860. The molecular weight excluding hydrogens is 924 g/mol. The summed E-state index contributed by atoms with van der Waals surface area (Å²) in [5, 5.41) is 30.5. The summed E-state index contributed by atoms with van der Waals surface area (Å²) in [7, 11) is -10.9. The van der Waals surface area contributed by atoms with Gasteiger partial charge in [-0.25, -0.2) is 13.9 Å². The molecule has 0 aliphatic carbocycles. The highest BCUT2D eigenvalue weighted by molar-refractivity contribution is 7.61. The summed E-state index contributed by atoms with van der Waals surface area (Å²) in [5.74, 6) is -0.625. The Morgan fingerprint density at radius 3 is 1.97 bits per heavy atom. The van der Waals surface area contributed by atoms with Gasteiger partial charge in [-0.2, -0.15) is 9.29 Å². The van der Waals surface area contributed by atoms with E-state index in [9.17, 15) is 48.6 Å². The van der Waals surface area contributed by atoms with Crippen molar-refractivity contribution in [2.75, 3.05) is 25.6 Å². The monoisotopic (exact) mass is 1000 g/mol. The maximum Gasteiger partial charge on any atom is 0.481 e. The summed E-state index contributed by atoms with van der Waals surface area (Å²) in [5.41, 5.74) is 4.57. The molecule has 9 atom stereocenters. The Morgan fingerprint density at radius 2 is 1.35 bits per heavy atom. The number of hydrogen-bond donors (Lipinski definition) is 6. The van der Waals surface area contributed by atoms with Gasteiger partial charge in [-0.05, 0) is 69.8 Å². The summed E-state index contributed by atoms with van der Waals surface area (Å²) < 4.78 is 56.6. The fourth-order valence-corrected chi connectivity index (χ4v) is 8.90. The quantitative estimate of drug-likeness (QED) is 0.0157. The average molecular weight is 1000 g/mol. The number of carbonyl (C=O) groups is 2. The number of nitrogen functional groups attached to an aromatic ring is 1. The molecule has 1 fully saturated rings. The second-order valence-electron chi connectivity index (χ2n) is 17.0. The fraction of sp³-hybridized carbons (Fsp3) is 0.702. The number of phosphoric acid groups is 2. The second-order valence-corrected chi connectivity index (χ2v) is 20.0. The van der Waals surface area contributed by atoms with E-state index in [1.807, 2.05) is 25.2 Å². The van der Waals surface area contributed by atoms with Crippen molar-refractivity contribution in [1.29, 1.82) is 0 Å². The fourth-order valence-electron chi connectivity index (χ4n) is 6.79. The molecule has 0 bridgehead atoms. The van der Waals surface area contributed by atoms with Crippen LogP contribution in [0.25, 0.3) is 0 Å². The maximum absolute atomic E-state index is 12.8. The molecule has 0 radical (unpaired) electrons. The van der Waals surface area contributed by atoms with Crippen molar-refractivity contribution in [3.63, 3.8) is 0 Å². The lowest BCUT2D eigenvalue weighted by Crippen LogP contribution is -2.36. The van der Waals surface area contributed by atoms with E-state index in [1.165, 1.54) is 38.2 Å². The number of aliphatic hydroxyl groups is 3. The summed E-state index contributed by atoms with van der Waals surface area (Å²) in [6.07, 6.45) is 25.9. The van der Waals surface area contributed by atoms with E-state index in [0.717, 1.165) is 74.5 Å². The molecule has 388 valence electrons. The first-order valence-electron chi connectivity index (χ1n) is 24.1. The first-order chi connectivity index (χ1) is 32.5. The van der Waals surface area contributed by atoms with Crippen molar-refractivity contribution in [3.8, 4) is 0 Å². The molecule has 0 saturated carbocycles. The van der Waals surface area contributed by atoms with Gasteiger partial charge in [0.25, 0.3) is 0 Å². The Hall–Kier alpha value is -3.32. The first-order valence-corrected chi connectivity index (χ1v) is 27.1. The van der Waals surface area contributed by atoms with Gasteiger partial charge in [0.1, 0.15) is 30.7 Å². The molecule has 0 amide bonds. The summed E-state index contributed by atoms with van der Waals surface area (Å²) in [6.45, 7) is 4.08. The van der Waals surface area contributed by atoms with E-state index in [1.54, 1.807) is 0 Å². The van der Waals surface area contributed by atoms with E-state index < -0.39 is 83.7 Å². The lowest BCUT2D eigenvalue weighted by atomic mass is 9.99. The number of unbranched alkanes of at least 4 members (excludes halogenated alkanes) is 8. The minimum Gasteiger partial charge on any atom is -0.462 e. The minimum absolute atomic E-state index is 0.0397. The summed E-state index contributed by atoms with van der Waals surface area (Å²) in [4.78, 5) is 61.7. The minimum atomic E-state index is -5.44. The van der Waals surface area contributed by atoms with Gasteiger partial charge in [-0.1, -0.05) is 127 Å². The van der Waals surface area contributed by atoms with Crippen LogP contribution in [0.3, 0.4) is 0 Å². The van der Waals surface area contributed by atoms with Gasteiger partial charge in [-0.15, -0.1) is 0 Å². The van der Waals surface area contributed by atoms with Crippen molar-refractivity contribution < 1.29 is 71.4 Å². The summed E-state index contributed by atoms with van der Waals surface area (Å²) in [6, 6.07) is 1.24. The lowest BCUT2D eigenvalue weighted by molar-refractivity contribution is -0.161. The third kappa shape index (κ3) is 27.8. The van der Waals surface area contributed by atoms with Crippen LogP contribution in [0.15, 0.2) is 65.7 Å². The van der Waals surface area contributed by atoms with Crippen LogP contribution in [0.2, 0.25) is 0 Å². The highest BCUT2D eigenvalue weighted by atomic mass is 31.3. The van der Waals surface area contributed by atoms with Crippen molar-refractivity contribution in [3.05, 3.63) is 71.4 Å². The lowest BCUT2D eigenvalue weighted by Gasteiger charge is -2.21. The number of carbonyl (C=O) groups excluding carboxylic acids is 2. The van der Waals surface area contributed by atoms with E-state index in [-0.39, 0.29) is 24.8 Å². The molecule has 21 heteroatoms. The van der Waals surface area contributed by atoms with Crippen LogP contribution in [0, 0.1) is 5.92 Å². The predicted octanol–water partition coefficient (Wildman–Crippen LogP) is 8.21. The van der Waals surface area contributed by atoms with E-state index >= 15 is 0 Å². The molecule has 1 aromatic heterocycles. The van der Waals surface area contributed by atoms with Gasteiger partial charge in [0.05, 0.1) is 19.3 Å². The van der Waals surface area contributed by atoms with Crippen LogP contribution in [-0.4, -0.2) is 96.9 Å². The number of hydrogen-bond acceptors (Lipinski definition) is 16. The Kier molecular flexibility index (Phi) is 31.2. The smallest absolute Gasteiger partial charge is 0.462 e. The molecule has 1 aliphatic rings. The van der Waals surface area contributed by atoms with Crippen LogP contribution in [0.1, 0.15) is 155 Å². The molecule has 2 heterocycles.